The monoisotopic (exact) mass is 353 g/mol. The number of hydrogen-bond acceptors (Lipinski definition) is 5. The predicted octanol–water partition coefficient (Wildman–Crippen LogP) is 1.36. The van der Waals surface area contributed by atoms with Crippen molar-refractivity contribution in [2.24, 2.45) is 0 Å². The van der Waals surface area contributed by atoms with Crippen LogP contribution in [0.2, 0.25) is 0 Å². The summed E-state index contributed by atoms with van der Waals surface area (Å²) in [6, 6.07) is 1.29. The molecule has 0 saturated heterocycles. The molecule has 0 atom stereocenters. The lowest BCUT2D eigenvalue weighted by molar-refractivity contribution is 0.182. The molecule has 0 fully saturated rings. The van der Waals surface area contributed by atoms with Gasteiger partial charge in [-0.3, -0.25) is 0 Å². The van der Waals surface area contributed by atoms with Gasteiger partial charge in [-0.25, -0.2) is 8.42 Å². The van der Waals surface area contributed by atoms with Crippen LogP contribution in [-0.2, 0) is 21.4 Å². The van der Waals surface area contributed by atoms with Crippen molar-refractivity contribution in [1.82, 2.24) is 4.31 Å². The predicted molar refractivity (Wildman–Crippen MR) is 73.2 cm³/mol. The first kappa shape index (κ1) is 16.4. The third kappa shape index (κ3) is 3.90. The van der Waals surface area contributed by atoms with Gasteiger partial charge in [0.25, 0.3) is 0 Å². The van der Waals surface area contributed by atoms with Crippen molar-refractivity contribution < 1.29 is 22.7 Å². The molecular formula is C11H16BrNO5S. The molecule has 0 aliphatic rings. The molecule has 1 aromatic rings. The van der Waals surface area contributed by atoms with E-state index >= 15 is 0 Å². The molecule has 1 aromatic heterocycles. The maximum atomic E-state index is 12.4. The third-order valence-electron chi connectivity index (χ3n) is 2.36. The number of methoxy groups -OCH3 is 1. The summed E-state index contributed by atoms with van der Waals surface area (Å²) in [7, 11) is -2.23. The number of nitrogens with zero attached hydrogens (tertiary/aromatic N) is 1. The lowest BCUT2D eigenvalue weighted by Gasteiger charge is -2.19. The Morgan fingerprint density at radius 3 is 2.79 bits per heavy atom. The van der Waals surface area contributed by atoms with Crippen molar-refractivity contribution in [3.05, 3.63) is 29.2 Å². The first-order valence-electron chi connectivity index (χ1n) is 5.46. The molecule has 0 aromatic carbocycles. The van der Waals surface area contributed by atoms with Gasteiger partial charge in [-0.1, -0.05) is 6.08 Å². The maximum absolute atomic E-state index is 12.4. The van der Waals surface area contributed by atoms with E-state index in [0.29, 0.717) is 0 Å². The Morgan fingerprint density at radius 2 is 2.32 bits per heavy atom. The number of aliphatic hydroxyl groups excluding tert-OH is 1. The average Bonchev–Trinajstić information content (AvgIpc) is 2.76. The topological polar surface area (TPSA) is 80.0 Å². The van der Waals surface area contributed by atoms with Crippen molar-refractivity contribution in [2.75, 3.05) is 26.8 Å². The van der Waals surface area contributed by atoms with E-state index in [9.17, 15) is 8.42 Å². The van der Waals surface area contributed by atoms with Crippen LogP contribution in [-0.4, -0.2) is 44.6 Å². The van der Waals surface area contributed by atoms with Crippen LogP contribution in [0.15, 0.2) is 32.7 Å². The highest BCUT2D eigenvalue weighted by molar-refractivity contribution is 9.10. The fourth-order valence-electron chi connectivity index (χ4n) is 1.44. The van der Waals surface area contributed by atoms with Gasteiger partial charge in [0.05, 0.1) is 6.61 Å². The number of hydrogen-bond donors (Lipinski definition) is 1. The highest BCUT2D eigenvalue weighted by Gasteiger charge is 2.28. The zero-order valence-corrected chi connectivity index (χ0v) is 12.9. The Labute approximate surface area is 120 Å². The van der Waals surface area contributed by atoms with Gasteiger partial charge in [0, 0.05) is 26.3 Å². The summed E-state index contributed by atoms with van der Waals surface area (Å²) in [6.45, 7) is 3.81. The van der Waals surface area contributed by atoms with Crippen LogP contribution in [0, 0.1) is 0 Å². The summed E-state index contributed by atoms with van der Waals surface area (Å²) in [5.41, 5.74) is 0. The molecule has 108 valence electrons. The zero-order chi connectivity index (χ0) is 14.5. The van der Waals surface area contributed by atoms with Crippen LogP contribution in [0.4, 0.5) is 0 Å². The lowest BCUT2D eigenvalue weighted by atomic mass is 10.5. The molecule has 1 heterocycles. The highest BCUT2D eigenvalue weighted by atomic mass is 79.9. The van der Waals surface area contributed by atoms with E-state index in [2.05, 4.69) is 22.5 Å². The normalized spacial score (nSPS) is 12.0. The van der Waals surface area contributed by atoms with Gasteiger partial charge in [-0.05, 0) is 15.9 Å². The van der Waals surface area contributed by atoms with Crippen molar-refractivity contribution in [1.29, 1.82) is 0 Å². The van der Waals surface area contributed by atoms with E-state index in [0.717, 1.165) is 0 Å². The summed E-state index contributed by atoms with van der Waals surface area (Å²) in [6.07, 6.45) is 1.49. The van der Waals surface area contributed by atoms with Crippen molar-refractivity contribution in [3.63, 3.8) is 0 Å². The fraction of sp³-hybridized carbons (Fsp3) is 0.455. The Morgan fingerprint density at radius 1 is 1.63 bits per heavy atom. The van der Waals surface area contributed by atoms with Gasteiger partial charge in [0.2, 0.25) is 10.0 Å². The van der Waals surface area contributed by atoms with Gasteiger partial charge >= 0.3 is 0 Å². The van der Waals surface area contributed by atoms with E-state index in [1.54, 1.807) is 0 Å². The molecule has 0 aliphatic heterocycles. The van der Waals surface area contributed by atoms with Gasteiger partial charge in [-0.15, -0.1) is 6.58 Å². The SMILES string of the molecule is C=CCN(CCOC)S(=O)(=O)c1cc(CO)oc1Br. The largest absolute Gasteiger partial charge is 0.450 e. The zero-order valence-electron chi connectivity index (χ0n) is 10.5. The Hall–Kier alpha value is -0.670. The number of halogens is 1. The summed E-state index contributed by atoms with van der Waals surface area (Å²) in [5.74, 6) is 0.177. The Bertz CT molecular complexity index is 525. The molecule has 19 heavy (non-hydrogen) atoms. The summed E-state index contributed by atoms with van der Waals surface area (Å²) in [5, 5.41) is 8.97. The molecule has 6 nitrogen and oxygen atoms in total. The van der Waals surface area contributed by atoms with Crippen LogP contribution >= 0.6 is 15.9 Å². The number of ether oxygens (including phenoxy) is 1. The molecule has 8 heteroatoms. The Balaban J connectivity index is 3.10. The highest BCUT2D eigenvalue weighted by Crippen LogP contribution is 2.28. The summed E-state index contributed by atoms with van der Waals surface area (Å²) in [4.78, 5) is -0.0190. The minimum atomic E-state index is -3.73. The lowest BCUT2D eigenvalue weighted by Crippen LogP contribution is -2.34. The number of aliphatic hydroxyl groups is 1. The van der Waals surface area contributed by atoms with Crippen molar-refractivity contribution in [2.45, 2.75) is 11.5 Å². The van der Waals surface area contributed by atoms with E-state index in [4.69, 9.17) is 14.3 Å². The summed E-state index contributed by atoms with van der Waals surface area (Å²) >= 11 is 3.04. The maximum Gasteiger partial charge on any atom is 0.247 e. The third-order valence-corrected chi connectivity index (χ3v) is 5.08. The second-order valence-corrected chi connectivity index (χ2v) is 6.28. The van der Waals surface area contributed by atoms with Crippen molar-refractivity contribution >= 4 is 26.0 Å². The molecule has 0 bridgehead atoms. The quantitative estimate of drug-likeness (QED) is 0.713. The van der Waals surface area contributed by atoms with Gasteiger partial charge in [0.1, 0.15) is 17.3 Å². The molecule has 0 saturated carbocycles. The minimum absolute atomic E-state index is 0.0190. The molecule has 1 N–H and O–H groups in total. The van der Waals surface area contributed by atoms with Gasteiger partial charge in [0.15, 0.2) is 4.67 Å². The molecule has 0 unspecified atom stereocenters. The van der Waals surface area contributed by atoms with Crippen LogP contribution < -0.4 is 0 Å². The van der Waals surface area contributed by atoms with Crippen LogP contribution in [0.3, 0.4) is 0 Å². The second kappa shape index (κ2) is 7.20. The number of furan rings is 1. The van der Waals surface area contributed by atoms with E-state index in [1.807, 2.05) is 0 Å². The van der Waals surface area contributed by atoms with E-state index < -0.39 is 10.0 Å². The molecule has 0 spiro atoms. The second-order valence-electron chi connectivity index (χ2n) is 3.65. The number of rotatable bonds is 8. The smallest absolute Gasteiger partial charge is 0.247 e. The average molecular weight is 354 g/mol. The fourth-order valence-corrected chi connectivity index (χ4v) is 3.79. The minimum Gasteiger partial charge on any atom is -0.450 e. The first-order valence-corrected chi connectivity index (χ1v) is 7.69. The van der Waals surface area contributed by atoms with Crippen LogP contribution in [0.1, 0.15) is 5.76 Å². The summed E-state index contributed by atoms with van der Waals surface area (Å²) < 4.78 is 36.1. The molecule has 0 aliphatic carbocycles. The van der Waals surface area contributed by atoms with Crippen LogP contribution in [0.25, 0.3) is 0 Å². The van der Waals surface area contributed by atoms with Crippen molar-refractivity contribution in [3.8, 4) is 0 Å². The van der Waals surface area contributed by atoms with Gasteiger partial charge in [-0.2, -0.15) is 4.31 Å². The molecule has 0 amide bonds. The standard InChI is InChI=1S/C11H16BrNO5S/c1-3-4-13(5-6-17-2)19(15,16)10-7-9(8-14)18-11(10)12/h3,7,14H,1,4-6,8H2,2H3. The molecule has 0 radical (unpaired) electrons. The Kier molecular flexibility index (Phi) is 6.21. The first-order chi connectivity index (χ1) is 8.97. The van der Waals surface area contributed by atoms with Gasteiger partial charge < -0.3 is 14.3 Å². The number of sulfonamides is 1. The molecule has 1 rings (SSSR count). The van der Waals surface area contributed by atoms with Crippen LogP contribution in [0.5, 0.6) is 0 Å². The van der Waals surface area contributed by atoms with E-state index in [1.165, 1.54) is 23.6 Å². The molecular weight excluding hydrogens is 338 g/mol. The van der Waals surface area contributed by atoms with E-state index in [-0.39, 0.29) is 41.6 Å².